The number of alkyl halides is 1. The van der Waals surface area contributed by atoms with E-state index in [0.29, 0.717) is 37.1 Å². The van der Waals surface area contributed by atoms with E-state index in [2.05, 4.69) is 10.6 Å². The third kappa shape index (κ3) is 9.25. The van der Waals surface area contributed by atoms with Gasteiger partial charge in [-0.1, -0.05) is 24.6 Å². The van der Waals surface area contributed by atoms with Crippen molar-refractivity contribution in [1.29, 1.82) is 5.26 Å². The molecule has 10 heteroatoms. The first-order valence-corrected chi connectivity index (χ1v) is 11.4. The number of carbonyl (C=O) groups is 3. The molecule has 0 unspecified atom stereocenters. The monoisotopic (exact) mass is 476 g/mol. The number of unbranched alkanes of at least 4 members (excludes halogenated alkanes) is 2. The SMILES string of the molecule is CC(C)(C)OC(=O)Nc1ccccc1COC(=O)NCCCCCC(=O)N1C[C@@H](F)C[C@H]1C#N. The molecule has 0 bridgehead atoms. The van der Waals surface area contributed by atoms with Crippen LogP contribution in [0.3, 0.4) is 0 Å². The van der Waals surface area contributed by atoms with E-state index in [1.165, 1.54) is 4.90 Å². The number of benzene rings is 1. The first kappa shape index (κ1) is 26.9. The fourth-order valence-corrected chi connectivity index (χ4v) is 3.47. The van der Waals surface area contributed by atoms with Crippen molar-refractivity contribution in [1.82, 2.24) is 10.2 Å². The van der Waals surface area contributed by atoms with Crippen LogP contribution in [0.4, 0.5) is 19.7 Å². The molecule has 0 radical (unpaired) electrons. The van der Waals surface area contributed by atoms with Gasteiger partial charge < -0.3 is 19.7 Å². The summed E-state index contributed by atoms with van der Waals surface area (Å²) in [4.78, 5) is 37.5. The average Bonchev–Trinajstić information content (AvgIpc) is 3.15. The summed E-state index contributed by atoms with van der Waals surface area (Å²) in [5, 5.41) is 14.3. The van der Waals surface area contributed by atoms with Gasteiger partial charge in [0.1, 0.15) is 24.4 Å². The van der Waals surface area contributed by atoms with Crippen molar-refractivity contribution in [2.24, 2.45) is 0 Å². The number of rotatable bonds is 9. The minimum atomic E-state index is -1.14. The van der Waals surface area contributed by atoms with Gasteiger partial charge >= 0.3 is 12.2 Å². The third-order valence-electron chi connectivity index (χ3n) is 5.07. The van der Waals surface area contributed by atoms with Crippen LogP contribution in [-0.4, -0.2) is 53.9 Å². The first-order valence-electron chi connectivity index (χ1n) is 11.4. The third-order valence-corrected chi connectivity index (χ3v) is 5.07. The van der Waals surface area contributed by atoms with Crippen LogP contribution in [0.25, 0.3) is 0 Å². The second kappa shape index (κ2) is 12.8. The Labute approximate surface area is 199 Å². The number of carbonyl (C=O) groups excluding carboxylic acids is 3. The topological polar surface area (TPSA) is 121 Å². The zero-order valence-corrected chi connectivity index (χ0v) is 19.9. The lowest BCUT2D eigenvalue weighted by Gasteiger charge is -2.20. The van der Waals surface area contributed by atoms with Gasteiger partial charge in [0.05, 0.1) is 18.3 Å². The minimum absolute atomic E-state index is 0.0130. The van der Waals surface area contributed by atoms with Crippen LogP contribution in [0.2, 0.25) is 0 Å². The lowest BCUT2D eigenvalue weighted by atomic mass is 10.1. The molecule has 0 spiro atoms. The highest BCUT2D eigenvalue weighted by Crippen LogP contribution is 2.21. The van der Waals surface area contributed by atoms with E-state index in [1.807, 2.05) is 6.07 Å². The molecule has 1 aromatic rings. The summed E-state index contributed by atoms with van der Waals surface area (Å²) >= 11 is 0. The number of alkyl carbamates (subject to hydrolysis) is 1. The fraction of sp³-hybridized carbons (Fsp3) is 0.583. The Morgan fingerprint density at radius 3 is 2.62 bits per heavy atom. The second-order valence-corrected chi connectivity index (χ2v) is 9.12. The molecule has 0 aromatic heterocycles. The van der Waals surface area contributed by atoms with Crippen molar-refractivity contribution in [3.8, 4) is 6.07 Å². The van der Waals surface area contributed by atoms with E-state index in [-0.39, 0.29) is 31.9 Å². The number of amides is 3. The molecular formula is C24H33FN4O5. The number of hydrogen-bond acceptors (Lipinski definition) is 6. The van der Waals surface area contributed by atoms with Gasteiger partial charge in [0.2, 0.25) is 5.91 Å². The summed E-state index contributed by atoms with van der Waals surface area (Å²) in [6, 6.07) is 8.24. The van der Waals surface area contributed by atoms with Gasteiger partial charge in [-0.25, -0.2) is 14.0 Å². The molecule has 2 N–H and O–H groups in total. The van der Waals surface area contributed by atoms with Crippen LogP contribution in [-0.2, 0) is 20.9 Å². The van der Waals surface area contributed by atoms with Crippen LogP contribution < -0.4 is 10.6 Å². The van der Waals surface area contributed by atoms with Crippen molar-refractivity contribution in [3.05, 3.63) is 29.8 Å². The number of halogens is 1. The highest BCUT2D eigenvalue weighted by Gasteiger charge is 2.34. The standard InChI is InChI=1S/C24H33FN4O5/c1-24(2,3)34-23(32)28-20-10-7-6-9-17(20)16-33-22(31)27-12-8-4-5-11-21(30)29-15-18(25)13-19(29)14-26/h6-7,9-10,18-19H,4-5,8,11-13,15-16H2,1-3H3,(H,27,31)(H,28,32)/t18-,19-/m0/s1. The van der Waals surface area contributed by atoms with Gasteiger partial charge in [-0.05, 0) is 39.7 Å². The molecule has 1 fully saturated rings. The van der Waals surface area contributed by atoms with Crippen molar-refractivity contribution in [2.45, 2.75) is 77.3 Å². The quantitative estimate of drug-likeness (QED) is 0.513. The average molecular weight is 477 g/mol. The van der Waals surface area contributed by atoms with Gasteiger partial charge in [-0.3, -0.25) is 10.1 Å². The molecular weight excluding hydrogens is 443 g/mol. The molecule has 3 amide bonds. The molecule has 1 saturated heterocycles. The van der Waals surface area contributed by atoms with Crippen LogP contribution in [0, 0.1) is 11.3 Å². The van der Waals surface area contributed by atoms with Gasteiger partial charge in [-0.15, -0.1) is 0 Å². The molecule has 0 saturated carbocycles. The normalized spacial score (nSPS) is 17.6. The molecule has 1 aromatic carbocycles. The van der Waals surface area contributed by atoms with E-state index in [0.717, 1.165) is 0 Å². The Bertz CT molecular complexity index is 896. The number of likely N-dealkylation sites (tertiary alicyclic amines) is 1. The molecule has 1 aliphatic heterocycles. The van der Waals surface area contributed by atoms with Crippen molar-refractivity contribution in [2.75, 3.05) is 18.4 Å². The molecule has 9 nitrogen and oxygen atoms in total. The number of anilines is 1. The second-order valence-electron chi connectivity index (χ2n) is 9.12. The maximum absolute atomic E-state index is 13.4. The highest BCUT2D eigenvalue weighted by atomic mass is 19.1. The lowest BCUT2D eigenvalue weighted by molar-refractivity contribution is -0.131. The summed E-state index contributed by atoms with van der Waals surface area (Å²) < 4.78 is 23.9. The summed E-state index contributed by atoms with van der Waals surface area (Å²) in [5.74, 6) is -0.210. The number of nitrogens with one attached hydrogen (secondary N) is 2. The summed E-state index contributed by atoms with van der Waals surface area (Å²) in [5.41, 5.74) is 0.480. The van der Waals surface area contributed by atoms with E-state index in [1.54, 1.807) is 45.0 Å². The number of nitriles is 1. The van der Waals surface area contributed by atoms with E-state index in [9.17, 15) is 18.8 Å². The predicted molar refractivity (Wildman–Crippen MR) is 124 cm³/mol. The summed E-state index contributed by atoms with van der Waals surface area (Å²) in [6.07, 6.45) is -0.0711. The van der Waals surface area contributed by atoms with Crippen LogP contribution in [0.5, 0.6) is 0 Å². The van der Waals surface area contributed by atoms with E-state index < -0.39 is 30.0 Å². The van der Waals surface area contributed by atoms with Crippen molar-refractivity contribution < 1.29 is 28.2 Å². The smallest absolute Gasteiger partial charge is 0.412 e. The molecule has 0 aliphatic carbocycles. The Hall–Kier alpha value is -3.35. The summed E-state index contributed by atoms with van der Waals surface area (Å²) in [6.45, 7) is 5.63. The Morgan fingerprint density at radius 2 is 1.91 bits per heavy atom. The molecule has 34 heavy (non-hydrogen) atoms. The number of hydrogen-bond donors (Lipinski definition) is 2. The molecule has 1 heterocycles. The molecule has 2 atom stereocenters. The summed E-state index contributed by atoms with van der Waals surface area (Å²) in [7, 11) is 0. The largest absolute Gasteiger partial charge is 0.445 e. The fourth-order valence-electron chi connectivity index (χ4n) is 3.47. The maximum Gasteiger partial charge on any atom is 0.412 e. The van der Waals surface area contributed by atoms with Gasteiger partial charge in [0, 0.05) is 24.9 Å². The van der Waals surface area contributed by atoms with Crippen LogP contribution in [0.15, 0.2) is 24.3 Å². The van der Waals surface area contributed by atoms with Crippen LogP contribution >= 0.6 is 0 Å². The van der Waals surface area contributed by atoms with Gasteiger partial charge in [0.15, 0.2) is 0 Å². The maximum atomic E-state index is 13.4. The zero-order valence-electron chi connectivity index (χ0n) is 19.9. The van der Waals surface area contributed by atoms with Crippen molar-refractivity contribution >= 4 is 23.8 Å². The molecule has 2 rings (SSSR count). The lowest BCUT2D eigenvalue weighted by Crippen LogP contribution is -2.34. The molecule has 1 aliphatic rings. The minimum Gasteiger partial charge on any atom is -0.445 e. The van der Waals surface area contributed by atoms with E-state index >= 15 is 0 Å². The van der Waals surface area contributed by atoms with Gasteiger partial charge in [-0.2, -0.15) is 5.26 Å². The van der Waals surface area contributed by atoms with Gasteiger partial charge in [0.25, 0.3) is 0 Å². The molecule has 186 valence electrons. The first-order chi connectivity index (χ1) is 16.1. The number of nitrogens with zero attached hydrogens (tertiary/aromatic N) is 2. The zero-order chi connectivity index (χ0) is 25.1. The highest BCUT2D eigenvalue weighted by molar-refractivity contribution is 5.86. The Morgan fingerprint density at radius 1 is 1.18 bits per heavy atom. The van der Waals surface area contributed by atoms with E-state index in [4.69, 9.17) is 14.7 Å². The predicted octanol–water partition coefficient (Wildman–Crippen LogP) is 4.28. The van der Waals surface area contributed by atoms with Crippen LogP contribution in [0.1, 0.15) is 58.4 Å². The number of ether oxygens (including phenoxy) is 2. The Balaban J connectivity index is 1.64. The number of para-hydroxylation sites is 1. The van der Waals surface area contributed by atoms with Crippen molar-refractivity contribution in [3.63, 3.8) is 0 Å². The Kier molecular flexibility index (Phi) is 10.1.